The Hall–Kier alpha value is -0.980. The summed E-state index contributed by atoms with van der Waals surface area (Å²) in [6.07, 6.45) is -0.897. The third-order valence-electron chi connectivity index (χ3n) is 3.14. The molecule has 1 aromatic rings. The molecule has 2 rings (SSSR count). The monoisotopic (exact) mass is 273 g/mol. The summed E-state index contributed by atoms with van der Waals surface area (Å²) >= 11 is 0. The van der Waals surface area contributed by atoms with Crippen molar-refractivity contribution in [3.05, 3.63) is 35.6 Å². The van der Waals surface area contributed by atoms with Gasteiger partial charge in [-0.2, -0.15) is 0 Å². The average molecular weight is 273 g/mol. The summed E-state index contributed by atoms with van der Waals surface area (Å²) in [5.41, 5.74) is 0.728. The summed E-state index contributed by atoms with van der Waals surface area (Å²) in [6, 6.07) is 5.40. The molecule has 1 heterocycles. The maximum Gasteiger partial charge on any atom is 0.154 e. The van der Waals surface area contributed by atoms with E-state index in [9.17, 15) is 17.9 Å². The molecule has 1 fully saturated rings. The van der Waals surface area contributed by atoms with E-state index in [1.807, 2.05) is 6.92 Å². The van der Waals surface area contributed by atoms with Crippen LogP contribution in [0.2, 0.25) is 0 Å². The molecule has 6 heteroatoms. The number of halogens is 1. The van der Waals surface area contributed by atoms with Crippen molar-refractivity contribution in [3.63, 3.8) is 0 Å². The Morgan fingerprint density at radius 3 is 2.72 bits per heavy atom. The fourth-order valence-electron chi connectivity index (χ4n) is 2.18. The lowest BCUT2D eigenvalue weighted by Gasteiger charge is -2.21. The van der Waals surface area contributed by atoms with Crippen LogP contribution in [0.3, 0.4) is 0 Å². The maximum absolute atomic E-state index is 13.1. The van der Waals surface area contributed by atoms with Gasteiger partial charge < -0.3 is 10.4 Å². The third kappa shape index (κ3) is 3.07. The summed E-state index contributed by atoms with van der Waals surface area (Å²) in [5, 5.41) is 12.7. The number of aliphatic hydroxyl groups excluding tert-OH is 1. The summed E-state index contributed by atoms with van der Waals surface area (Å²) in [6.45, 7) is 1.81. The zero-order valence-electron chi connectivity index (χ0n) is 10.0. The number of rotatable bonds is 3. The number of hydrogen-bond donors (Lipinski definition) is 2. The molecule has 1 saturated heterocycles. The van der Waals surface area contributed by atoms with Crippen LogP contribution in [0, 0.1) is 5.82 Å². The first-order chi connectivity index (χ1) is 8.37. The van der Waals surface area contributed by atoms with Crippen LogP contribution in [0.1, 0.15) is 18.5 Å². The van der Waals surface area contributed by atoms with Crippen LogP contribution in [0.5, 0.6) is 0 Å². The summed E-state index contributed by atoms with van der Waals surface area (Å²) < 4.78 is 35.8. The molecule has 0 saturated carbocycles. The molecule has 0 spiro atoms. The van der Waals surface area contributed by atoms with Gasteiger partial charge in [0.2, 0.25) is 0 Å². The lowest BCUT2D eigenvalue weighted by Crippen LogP contribution is -2.40. The fourth-order valence-corrected chi connectivity index (χ4v) is 3.94. The standard InChI is InChI=1S/C12H16FNO3S/c1-8(9-3-2-4-10(13)5-9)14-11-6-18(16,17)7-12(11)15/h2-5,8,11-12,14-15H,6-7H2,1H3/t8-,11?,12?/m0/s1. The normalized spacial score (nSPS) is 28.2. The van der Waals surface area contributed by atoms with Gasteiger partial charge in [-0.15, -0.1) is 0 Å². The highest BCUT2D eigenvalue weighted by molar-refractivity contribution is 7.91. The van der Waals surface area contributed by atoms with Crippen molar-refractivity contribution >= 4 is 9.84 Å². The molecule has 0 amide bonds. The first-order valence-electron chi connectivity index (χ1n) is 5.77. The van der Waals surface area contributed by atoms with E-state index in [2.05, 4.69) is 5.32 Å². The van der Waals surface area contributed by atoms with Gasteiger partial charge in [0.1, 0.15) is 5.82 Å². The minimum atomic E-state index is -3.17. The number of nitrogens with one attached hydrogen (secondary N) is 1. The Morgan fingerprint density at radius 1 is 1.44 bits per heavy atom. The van der Waals surface area contributed by atoms with Crippen LogP contribution in [0.4, 0.5) is 4.39 Å². The smallest absolute Gasteiger partial charge is 0.154 e. The molecule has 100 valence electrons. The average Bonchev–Trinajstić information content (AvgIpc) is 2.51. The second-order valence-electron chi connectivity index (χ2n) is 4.69. The van der Waals surface area contributed by atoms with E-state index in [1.165, 1.54) is 12.1 Å². The Bertz CT molecular complexity index is 532. The fraction of sp³-hybridized carbons (Fsp3) is 0.500. The van der Waals surface area contributed by atoms with E-state index in [4.69, 9.17) is 0 Å². The predicted octanol–water partition coefficient (Wildman–Crippen LogP) is 0.634. The molecule has 0 radical (unpaired) electrons. The van der Waals surface area contributed by atoms with Gasteiger partial charge in [0, 0.05) is 12.1 Å². The van der Waals surface area contributed by atoms with Gasteiger partial charge >= 0.3 is 0 Å². The molecular formula is C12H16FNO3S. The Morgan fingerprint density at radius 2 is 2.17 bits per heavy atom. The third-order valence-corrected chi connectivity index (χ3v) is 4.85. The van der Waals surface area contributed by atoms with E-state index in [0.29, 0.717) is 0 Å². The molecule has 1 aliphatic rings. The van der Waals surface area contributed by atoms with Crippen LogP contribution >= 0.6 is 0 Å². The Kier molecular flexibility index (Phi) is 3.70. The van der Waals surface area contributed by atoms with E-state index in [-0.39, 0.29) is 23.4 Å². The summed E-state index contributed by atoms with van der Waals surface area (Å²) in [7, 11) is -3.17. The lowest BCUT2D eigenvalue weighted by atomic mass is 10.1. The summed E-state index contributed by atoms with van der Waals surface area (Å²) in [5.74, 6) is -0.616. The van der Waals surface area contributed by atoms with Gasteiger partial charge in [-0.3, -0.25) is 0 Å². The van der Waals surface area contributed by atoms with Crippen LogP contribution in [-0.4, -0.2) is 37.2 Å². The first kappa shape index (κ1) is 13.5. The van der Waals surface area contributed by atoms with Gasteiger partial charge in [0.05, 0.1) is 17.6 Å². The van der Waals surface area contributed by atoms with E-state index >= 15 is 0 Å². The van der Waals surface area contributed by atoms with Crippen LogP contribution < -0.4 is 5.32 Å². The molecule has 0 aliphatic carbocycles. The molecular weight excluding hydrogens is 257 g/mol. The topological polar surface area (TPSA) is 66.4 Å². The summed E-state index contributed by atoms with van der Waals surface area (Å²) in [4.78, 5) is 0. The lowest BCUT2D eigenvalue weighted by molar-refractivity contribution is 0.160. The van der Waals surface area contributed by atoms with Crippen LogP contribution in [0.15, 0.2) is 24.3 Å². The van der Waals surface area contributed by atoms with E-state index < -0.39 is 22.0 Å². The molecule has 2 N–H and O–H groups in total. The highest BCUT2D eigenvalue weighted by Gasteiger charge is 2.36. The van der Waals surface area contributed by atoms with Crippen molar-refractivity contribution in [2.24, 2.45) is 0 Å². The minimum Gasteiger partial charge on any atom is -0.390 e. The van der Waals surface area contributed by atoms with Gasteiger partial charge in [-0.1, -0.05) is 12.1 Å². The molecule has 2 unspecified atom stereocenters. The quantitative estimate of drug-likeness (QED) is 0.848. The van der Waals surface area contributed by atoms with E-state index in [0.717, 1.165) is 5.56 Å². The molecule has 4 nitrogen and oxygen atoms in total. The predicted molar refractivity (Wildman–Crippen MR) is 66.4 cm³/mol. The number of hydrogen-bond acceptors (Lipinski definition) is 4. The van der Waals surface area contributed by atoms with Crippen molar-refractivity contribution in [3.8, 4) is 0 Å². The van der Waals surface area contributed by atoms with Gasteiger partial charge in [-0.05, 0) is 24.6 Å². The van der Waals surface area contributed by atoms with Crippen molar-refractivity contribution in [1.29, 1.82) is 0 Å². The van der Waals surface area contributed by atoms with Crippen molar-refractivity contribution in [2.75, 3.05) is 11.5 Å². The number of sulfone groups is 1. The molecule has 18 heavy (non-hydrogen) atoms. The van der Waals surface area contributed by atoms with Crippen LogP contribution in [-0.2, 0) is 9.84 Å². The molecule has 1 aliphatic heterocycles. The van der Waals surface area contributed by atoms with Crippen molar-refractivity contribution in [1.82, 2.24) is 5.32 Å². The number of benzene rings is 1. The largest absolute Gasteiger partial charge is 0.390 e. The minimum absolute atomic E-state index is 0.0756. The van der Waals surface area contributed by atoms with Gasteiger partial charge in [0.25, 0.3) is 0 Å². The van der Waals surface area contributed by atoms with Crippen molar-refractivity contribution in [2.45, 2.75) is 25.1 Å². The SMILES string of the molecule is C[C@H](NC1CS(=O)(=O)CC1O)c1cccc(F)c1. The Balaban J connectivity index is 2.06. The van der Waals surface area contributed by atoms with Gasteiger partial charge in [-0.25, -0.2) is 12.8 Å². The number of aliphatic hydroxyl groups is 1. The van der Waals surface area contributed by atoms with Crippen LogP contribution in [0.25, 0.3) is 0 Å². The highest BCUT2D eigenvalue weighted by Crippen LogP contribution is 2.19. The Labute approximate surface area is 106 Å². The first-order valence-corrected chi connectivity index (χ1v) is 7.59. The highest BCUT2D eigenvalue weighted by atomic mass is 32.2. The molecule has 3 atom stereocenters. The maximum atomic E-state index is 13.1. The molecule has 0 bridgehead atoms. The second kappa shape index (κ2) is 4.95. The zero-order chi connectivity index (χ0) is 13.3. The molecule has 1 aromatic carbocycles. The van der Waals surface area contributed by atoms with E-state index in [1.54, 1.807) is 12.1 Å². The zero-order valence-corrected chi connectivity index (χ0v) is 10.8. The van der Waals surface area contributed by atoms with Crippen molar-refractivity contribution < 1.29 is 17.9 Å². The molecule has 0 aromatic heterocycles. The van der Waals surface area contributed by atoms with Gasteiger partial charge in [0.15, 0.2) is 9.84 Å². The second-order valence-corrected chi connectivity index (χ2v) is 6.85.